The van der Waals surface area contributed by atoms with Crippen LogP contribution in [0.4, 0.5) is 13.2 Å². The van der Waals surface area contributed by atoms with Gasteiger partial charge in [0.25, 0.3) is 5.56 Å². The van der Waals surface area contributed by atoms with E-state index >= 15 is 0 Å². The number of fused-ring (bicyclic) bond motifs is 5. The Bertz CT molecular complexity index is 2790. The molecular formula is C53H71F3N8O16. The van der Waals surface area contributed by atoms with E-state index in [0.29, 0.717) is 43.7 Å². The molecule has 27 heteroatoms. The number of carboxylic acids is 2. The molecule has 4 amide bonds. The van der Waals surface area contributed by atoms with Crippen molar-refractivity contribution in [1.29, 1.82) is 0 Å². The molecule has 0 bridgehead atoms. The van der Waals surface area contributed by atoms with Crippen molar-refractivity contribution >= 4 is 58.4 Å². The van der Waals surface area contributed by atoms with Gasteiger partial charge in [-0.1, -0.05) is 52.3 Å². The van der Waals surface area contributed by atoms with Gasteiger partial charge in [-0.25, -0.2) is 19.4 Å². The topological polar surface area (TPSA) is 349 Å². The normalized spacial score (nSPS) is 17.4. The zero-order valence-electron chi connectivity index (χ0n) is 45.2. The number of aromatic nitrogens is 2. The Labute approximate surface area is 458 Å². The number of nitrogens with two attached hydrogens (primary N) is 2. The summed E-state index contributed by atoms with van der Waals surface area (Å²) in [6, 6.07) is 4.81. The minimum Gasteiger partial charge on any atom is -0.481 e. The molecule has 0 radical (unpaired) electrons. The molecule has 5 atom stereocenters. The van der Waals surface area contributed by atoms with Crippen molar-refractivity contribution in [3.05, 3.63) is 62.9 Å². The summed E-state index contributed by atoms with van der Waals surface area (Å²) in [5.41, 5.74) is 13.0. The molecule has 0 saturated carbocycles. The molecule has 9 N–H and O–H groups in total. The highest BCUT2D eigenvalue weighted by Gasteiger charge is 2.52. The van der Waals surface area contributed by atoms with Gasteiger partial charge in [0.1, 0.15) is 24.7 Å². The van der Waals surface area contributed by atoms with Crippen LogP contribution in [0.15, 0.2) is 35.1 Å². The largest absolute Gasteiger partial charge is 0.490 e. The molecule has 3 aliphatic heterocycles. The van der Waals surface area contributed by atoms with Crippen molar-refractivity contribution in [2.45, 2.75) is 135 Å². The summed E-state index contributed by atoms with van der Waals surface area (Å²) in [7, 11) is 0. The number of aryl methyl sites for hydroxylation is 1. The fraction of sp³-hybridized carbons (Fsp3) is 0.585. The van der Waals surface area contributed by atoms with Gasteiger partial charge in [0, 0.05) is 36.0 Å². The number of likely N-dealkylation sites (tertiary alicyclic amines) is 1. The number of cyclic esters (lactones) is 1. The molecule has 6 rings (SSSR count). The van der Waals surface area contributed by atoms with Crippen molar-refractivity contribution in [2.75, 3.05) is 59.3 Å². The maximum Gasteiger partial charge on any atom is 0.490 e. The van der Waals surface area contributed by atoms with E-state index < -0.39 is 95.4 Å². The summed E-state index contributed by atoms with van der Waals surface area (Å²) in [5.74, 6) is -8.98. The number of hydrogen-bond donors (Lipinski definition) is 7. The Morgan fingerprint density at radius 2 is 1.60 bits per heavy atom. The number of unbranched alkanes of at least 4 members (excludes halogenated alkanes) is 1. The Balaban J connectivity index is 0.00000157. The van der Waals surface area contributed by atoms with Crippen LogP contribution < -0.4 is 33.0 Å². The summed E-state index contributed by atoms with van der Waals surface area (Å²) >= 11 is 0. The number of benzene rings is 1. The van der Waals surface area contributed by atoms with Crippen molar-refractivity contribution in [1.82, 2.24) is 30.4 Å². The number of para-hydroxylation sites is 1. The molecular weight excluding hydrogens is 1060 g/mol. The molecule has 440 valence electrons. The minimum atomic E-state index is -5.08. The van der Waals surface area contributed by atoms with Gasteiger partial charge in [0.05, 0.1) is 81.1 Å². The fourth-order valence-electron chi connectivity index (χ4n) is 9.52. The van der Waals surface area contributed by atoms with Gasteiger partial charge >= 0.3 is 30.1 Å². The Hall–Kier alpha value is -7.07. The average Bonchev–Trinajstić information content (AvgIpc) is 4.11. The smallest absolute Gasteiger partial charge is 0.481 e. The summed E-state index contributed by atoms with van der Waals surface area (Å²) in [4.78, 5) is 122. The van der Waals surface area contributed by atoms with Crippen LogP contribution in [0.25, 0.3) is 22.3 Å². The Morgan fingerprint density at radius 3 is 2.23 bits per heavy atom. The number of amides is 4. The number of rotatable bonds is 28. The molecule has 1 aromatic carbocycles. The SMILES string of the molecule is CCc1c2c(nc3ccccc13)-c1cc3c(c(=O)n1C2)COC(=O)[C@@]3(CC)OC(=O)[C@@H](NC(=O)[C@@H]1CCCN1C(=O)[C@H](CC(=O)O)NC(=O)CCOCCOCCOCCNC(=O)[C@@H](N)CCCCN)C(C)C.O=C(O)C(F)(F)F. The standard InChI is InChI=1S/C51H70N8O14.C2HF3O2/c1-5-31-32-12-7-8-14-37(32)56-44-33(31)28-59-40(44)26-35-34(47(59)65)29-72-50(68)51(35,6-2)73-49(67)43(30(3)4)57-46(64)39-15-11-19-58(39)48(66)38(27-42(61)62)55-41(60)16-20-69-22-24-71-25-23-70-21-18-54-45(63)36(53)13-9-10-17-52;3-2(4,5)1(6)7/h7-8,12,14,26,30,36,38-39,43H,5-6,9-11,13,15-25,27-29,52-53H2,1-4H3,(H,54,63)(H,55,60)(H,57,64)(H,61,62);(H,6,7)/t36-,38-,39-,43-,51-;/m0./s1. The van der Waals surface area contributed by atoms with E-state index in [4.69, 9.17) is 50.0 Å². The monoisotopic (exact) mass is 1130 g/mol. The first-order valence-corrected chi connectivity index (χ1v) is 26.5. The van der Waals surface area contributed by atoms with Gasteiger partial charge in [-0.15, -0.1) is 0 Å². The molecule has 2 aromatic heterocycles. The number of carbonyl (C=O) groups is 8. The van der Waals surface area contributed by atoms with Crippen LogP contribution in [-0.4, -0.2) is 162 Å². The lowest BCUT2D eigenvalue weighted by molar-refractivity contribution is -0.192. The van der Waals surface area contributed by atoms with Gasteiger partial charge in [-0.05, 0) is 68.7 Å². The third-order valence-electron chi connectivity index (χ3n) is 13.7. The van der Waals surface area contributed by atoms with E-state index in [2.05, 4.69) is 16.0 Å². The van der Waals surface area contributed by atoms with Crippen LogP contribution in [0, 0.1) is 5.92 Å². The fourth-order valence-corrected chi connectivity index (χ4v) is 9.52. The van der Waals surface area contributed by atoms with Crippen molar-refractivity contribution < 1.29 is 85.4 Å². The molecule has 1 saturated heterocycles. The van der Waals surface area contributed by atoms with E-state index in [9.17, 15) is 56.6 Å². The van der Waals surface area contributed by atoms with E-state index in [1.165, 1.54) is 4.90 Å². The zero-order valence-corrected chi connectivity index (χ0v) is 45.2. The van der Waals surface area contributed by atoms with Gasteiger partial charge < -0.3 is 70.8 Å². The van der Waals surface area contributed by atoms with E-state index in [1.807, 2.05) is 31.2 Å². The maximum atomic E-state index is 14.3. The van der Waals surface area contributed by atoms with Crippen molar-refractivity contribution in [2.24, 2.45) is 17.4 Å². The predicted octanol–water partition coefficient (Wildman–Crippen LogP) is 1.93. The van der Waals surface area contributed by atoms with Crippen LogP contribution in [-0.2, 0) is 87.2 Å². The maximum absolute atomic E-state index is 14.3. The molecule has 3 aromatic rings. The number of alkyl halides is 3. The molecule has 3 aliphatic rings. The third-order valence-corrected chi connectivity index (χ3v) is 13.7. The zero-order chi connectivity index (χ0) is 58.9. The quantitative estimate of drug-likeness (QED) is 0.0315. The number of carbonyl (C=O) groups excluding carboxylic acids is 6. The Kier molecular flexibility index (Phi) is 23.4. The molecule has 80 heavy (non-hydrogen) atoms. The second kappa shape index (κ2) is 29.4. The average molecular weight is 1130 g/mol. The first-order valence-electron chi connectivity index (χ1n) is 26.5. The number of aliphatic carboxylic acids is 2. The molecule has 0 unspecified atom stereocenters. The minimum absolute atomic E-state index is 0.0562. The number of ether oxygens (including phenoxy) is 5. The molecule has 1 fully saturated rings. The lowest BCUT2D eigenvalue weighted by Crippen LogP contribution is -2.57. The van der Waals surface area contributed by atoms with Crippen molar-refractivity contribution in [3.63, 3.8) is 0 Å². The lowest BCUT2D eigenvalue weighted by Gasteiger charge is -2.37. The van der Waals surface area contributed by atoms with Crippen LogP contribution in [0.2, 0.25) is 0 Å². The lowest BCUT2D eigenvalue weighted by atomic mass is 9.85. The second-order valence-electron chi connectivity index (χ2n) is 19.5. The number of pyridine rings is 2. The highest BCUT2D eigenvalue weighted by molar-refractivity contribution is 5.96. The highest BCUT2D eigenvalue weighted by Crippen LogP contribution is 2.42. The van der Waals surface area contributed by atoms with E-state index in [-0.39, 0.29) is 95.6 Å². The highest BCUT2D eigenvalue weighted by atomic mass is 19.4. The number of halogens is 3. The molecule has 0 spiro atoms. The summed E-state index contributed by atoms with van der Waals surface area (Å²) in [6.45, 7) is 8.94. The van der Waals surface area contributed by atoms with Gasteiger partial charge in [-0.2, -0.15) is 13.2 Å². The molecule has 5 heterocycles. The van der Waals surface area contributed by atoms with Crippen LogP contribution >= 0.6 is 0 Å². The second-order valence-corrected chi connectivity index (χ2v) is 19.5. The Morgan fingerprint density at radius 1 is 0.938 bits per heavy atom. The number of esters is 2. The van der Waals surface area contributed by atoms with E-state index in [0.717, 1.165) is 34.9 Å². The summed E-state index contributed by atoms with van der Waals surface area (Å²) in [6.07, 6.45) is -2.77. The first-order chi connectivity index (χ1) is 38.0. The molecule has 24 nitrogen and oxygen atoms in total. The van der Waals surface area contributed by atoms with Crippen LogP contribution in [0.3, 0.4) is 0 Å². The number of carboxylic acid groups (broad SMARTS) is 2. The summed E-state index contributed by atoms with van der Waals surface area (Å²) < 4.78 is 61.4. The van der Waals surface area contributed by atoms with Gasteiger partial charge in [0.15, 0.2) is 0 Å². The third kappa shape index (κ3) is 16.1. The van der Waals surface area contributed by atoms with Crippen LogP contribution in [0.5, 0.6) is 0 Å². The summed E-state index contributed by atoms with van der Waals surface area (Å²) in [5, 5.41) is 25.7. The molecule has 0 aliphatic carbocycles. The first kappa shape index (κ1) is 63.8. The number of nitrogens with zero attached hydrogens (tertiary/aromatic N) is 3. The van der Waals surface area contributed by atoms with E-state index in [1.54, 1.807) is 31.4 Å². The number of nitrogens with one attached hydrogen (secondary N) is 3. The van der Waals surface area contributed by atoms with Crippen molar-refractivity contribution in [3.8, 4) is 11.4 Å². The van der Waals surface area contributed by atoms with Gasteiger partial charge in [-0.3, -0.25) is 28.8 Å². The van der Waals surface area contributed by atoms with Gasteiger partial charge in [0.2, 0.25) is 29.2 Å². The van der Waals surface area contributed by atoms with Crippen LogP contribution in [0.1, 0.15) is 101 Å². The number of hydrogen-bond acceptors (Lipinski definition) is 17. The predicted molar refractivity (Wildman–Crippen MR) is 278 cm³/mol.